The van der Waals surface area contributed by atoms with Crippen molar-refractivity contribution in [2.45, 2.75) is 0 Å². The first kappa shape index (κ1) is 16.3. The standard InChI is InChI=1S/C15H11Cl2FN2O2/c16-11-5-3-4-10(15(11)17)8-19-22-9-14(21)20-13-7-2-1-6-12(13)18/h1-8H,9H2,(H,20,21)/b19-8-. The van der Waals surface area contributed by atoms with Gasteiger partial charge in [-0.2, -0.15) is 0 Å². The molecule has 2 aromatic rings. The first-order valence-electron chi connectivity index (χ1n) is 6.21. The van der Waals surface area contributed by atoms with Crippen molar-refractivity contribution in [3.8, 4) is 0 Å². The first-order chi connectivity index (χ1) is 10.6. The van der Waals surface area contributed by atoms with Crippen LogP contribution in [0.1, 0.15) is 5.56 Å². The van der Waals surface area contributed by atoms with Gasteiger partial charge >= 0.3 is 0 Å². The second-order valence-corrected chi connectivity index (χ2v) is 4.96. The molecule has 0 spiro atoms. The van der Waals surface area contributed by atoms with Crippen LogP contribution in [0.15, 0.2) is 47.6 Å². The summed E-state index contributed by atoms with van der Waals surface area (Å²) in [5.41, 5.74) is 0.640. The van der Waals surface area contributed by atoms with Crippen molar-refractivity contribution in [2.24, 2.45) is 5.16 Å². The molecule has 0 unspecified atom stereocenters. The van der Waals surface area contributed by atoms with Gasteiger partial charge in [0.1, 0.15) is 5.82 Å². The van der Waals surface area contributed by atoms with E-state index in [1.54, 1.807) is 24.3 Å². The van der Waals surface area contributed by atoms with Gasteiger partial charge in [-0.25, -0.2) is 4.39 Å². The summed E-state index contributed by atoms with van der Waals surface area (Å²) in [6.45, 7) is -0.358. The van der Waals surface area contributed by atoms with Crippen LogP contribution in [0.2, 0.25) is 10.0 Å². The number of nitrogens with one attached hydrogen (secondary N) is 1. The van der Waals surface area contributed by atoms with Gasteiger partial charge in [0.05, 0.1) is 21.9 Å². The Balaban J connectivity index is 1.86. The number of anilines is 1. The van der Waals surface area contributed by atoms with Gasteiger partial charge < -0.3 is 10.2 Å². The fourth-order valence-corrected chi connectivity index (χ4v) is 1.92. The number of carbonyl (C=O) groups is 1. The van der Waals surface area contributed by atoms with Gasteiger partial charge in [0.15, 0.2) is 6.61 Å². The molecule has 0 fully saturated rings. The quantitative estimate of drug-likeness (QED) is 0.657. The van der Waals surface area contributed by atoms with Crippen LogP contribution in [-0.4, -0.2) is 18.7 Å². The Bertz CT molecular complexity index is 708. The average Bonchev–Trinajstić information content (AvgIpc) is 2.50. The molecule has 0 saturated heterocycles. The zero-order valence-electron chi connectivity index (χ0n) is 11.2. The van der Waals surface area contributed by atoms with Gasteiger partial charge in [0.2, 0.25) is 0 Å². The summed E-state index contributed by atoms with van der Waals surface area (Å²) in [5.74, 6) is -1.05. The Morgan fingerprint density at radius 3 is 2.77 bits per heavy atom. The first-order valence-corrected chi connectivity index (χ1v) is 6.97. The van der Waals surface area contributed by atoms with Crippen molar-refractivity contribution < 1.29 is 14.0 Å². The molecule has 0 bridgehead atoms. The third kappa shape index (κ3) is 4.44. The zero-order valence-corrected chi connectivity index (χ0v) is 12.7. The van der Waals surface area contributed by atoms with Gasteiger partial charge in [-0.15, -0.1) is 0 Å². The highest BCUT2D eigenvalue weighted by Crippen LogP contribution is 2.24. The third-order valence-electron chi connectivity index (χ3n) is 2.59. The molecule has 0 aliphatic rings. The normalized spacial score (nSPS) is 10.7. The summed E-state index contributed by atoms with van der Waals surface area (Å²) in [4.78, 5) is 16.4. The molecule has 1 N–H and O–H groups in total. The molecular weight excluding hydrogens is 330 g/mol. The number of benzene rings is 2. The van der Waals surface area contributed by atoms with Gasteiger partial charge in [0.25, 0.3) is 5.91 Å². The molecule has 0 radical (unpaired) electrons. The number of hydrogen-bond acceptors (Lipinski definition) is 3. The van der Waals surface area contributed by atoms with E-state index in [4.69, 9.17) is 28.0 Å². The van der Waals surface area contributed by atoms with E-state index in [9.17, 15) is 9.18 Å². The highest BCUT2D eigenvalue weighted by Gasteiger charge is 2.06. The van der Waals surface area contributed by atoms with Crippen LogP contribution < -0.4 is 5.32 Å². The lowest BCUT2D eigenvalue weighted by molar-refractivity contribution is -0.120. The summed E-state index contributed by atoms with van der Waals surface area (Å²) >= 11 is 11.8. The van der Waals surface area contributed by atoms with Crippen LogP contribution in [-0.2, 0) is 9.63 Å². The van der Waals surface area contributed by atoms with E-state index >= 15 is 0 Å². The van der Waals surface area contributed by atoms with Crippen LogP contribution in [0.5, 0.6) is 0 Å². The molecule has 22 heavy (non-hydrogen) atoms. The van der Waals surface area contributed by atoms with E-state index in [1.807, 2.05) is 0 Å². The zero-order chi connectivity index (χ0) is 15.9. The maximum absolute atomic E-state index is 13.3. The SMILES string of the molecule is O=C(CO/N=C\c1cccc(Cl)c1Cl)Nc1ccccc1F. The lowest BCUT2D eigenvalue weighted by Gasteiger charge is -2.05. The Morgan fingerprint density at radius 2 is 2.00 bits per heavy atom. The van der Waals surface area contributed by atoms with Crippen molar-refractivity contribution in [3.05, 3.63) is 63.9 Å². The number of hydrogen-bond donors (Lipinski definition) is 1. The van der Waals surface area contributed by atoms with Crippen molar-refractivity contribution >= 4 is 41.0 Å². The second kappa shape index (κ2) is 7.77. The van der Waals surface area contributed by atoms with Crippen LogP contribution >= 0.6 is 23.2 Å². The van der Waals surface area contributed by atoms with E-state index in [1.165, 1.54) is 24.4 Å². The monoisotopic (exact) mass is 340 g/mol. The Morgan fingerprint density at radius 1 is 1.23 bits per heavy atom. The molecule has 0 atom stereocenters. The molecule has 7 heteroatoms. The number of rotatable bonds is 5. The number of carbonyl (C=O) groups excluding carboxylic acids is 1. The fraction of sp³-hybridized carbons (Fsp3) is 0.0667. The van der Waals surface area contributed by atoms with Gasteiger partial charge in [-0.05, 0) is 18.2 Å². The second-order valence-electron chi connectivity index (χ2n) is 4.18. The molecular formula is C15H11Cl2FN2O2. The highest BCUT2D eigenvalue weighted by molar-refractivity contribution is 6.43. The minimum Gasteiger partial charge on any atom is -0.386 e. The van der Waals surface area contributed by atoms with E-state index in [-0.39, 0.29) is 12.3 Å². The van der Waals surface area contributed by atoms with Crippen LogP contribution in [0.3, 0.4) is 0 Å². The topological polar surface area (TPSA) is 50.7 Å². The fourth-order valence-electron chi connectivity index (χ4n) is 1.56. The minimum atomic E-state index is -0.528. The Hall–Kier alpha value is -2.11. The van der Waals surface area contributed by atoms with Gasteiger partial charge in [-0.1, -0.05) is 52.6 Å². The van der Waals surface area contributed by atoms with Crippen molar-refractivity contribution in [3.63, 3.8) is 0 Å². The Labute approximate surface area is 136 Å². The smallest absolute Gasteiger partial charge is 0.265 e. The number of amides is 1. The summed E-state index contributed by atoms with van der Waals surface area (Å²) in [5, 5.41) is 6.73. The molecule has 0 heterocycles. The van der Waals surface area contributed by atoms with Crippen molar-refractivity contribution in [2.75, 3.05) is 11.9 Å². The number of oxime groups is 1. The van der Waals surface area contributed by atoms with Gasteiger partial charge in [-0.3, -0.25) is 4.79 Å². The molecule has 0 aliphatic carbocycles. The van der Waals surface area contributed by atoms with E-state index < -0.39 is 11.7 Å². The summed E-state index contributed by atoms with van der Waals surface area (Å²) in [6, 6.07) is 10.9. The predicted molar refractivity (Wildman–Crippen MR) is 85.0 cm³/mol. The van der Waals surface area contributed by atoms with Gasteiger partial charge in [0, 0.05) is 5.56 Å². The largest absolute Gasteiger partial charge is 0.386 e. The predicted octanol–water partition coefficient (Wildman–Crippen LogP) is 4.12. The number of para-hydroxylation sites is 1. The molecule has 2 rings (SSSR count). The highest BCUT2D eigenvalue weighted by atomic mass is 35.5. The average molecular weight is 341 g/mol. The van der Waals surface area contributed by atoms with Crippen LogP contribution in [0.25, 0.3) is 0 Å². The van der Waals surface area contributed by atoms with Crippen LogP contribution in [0, 0.1) is 5.82 Å². The molecule has 1 amide bonds. The lowest BCUT2D eigenvalue weighted by Crippen LogP contribution is -2.17. The Kier molecular flexibility index (Phi) is 5.75. The molecule has 0 aromatic heterocycles. The maximum Gasteiger partial charge on any atom is 0.265 e. The molecule has 0 saturated carbocycles. The minimum absolute atomic E-state index is 0.0814. The van der Waals surface area contributed by atoms with Crippen molar-refractivity contribution in [1.29, 1.82) is 0 Å². The van der Waals surface area contributed by atoms with E-state index in [2.05, 4.69) is 10.5 Å². The van der Waals surface area contributed by atoms with Crippen molar-refractivity contribution in [1.82, 2.24) is 0 Å². The summed E-state index contributed by atoms with van der Waals surface area (Å²) in [7, 11) is 0. The van der Waals surface area contributed by atoms with E-state index in [0.717, 1.165) is 0 Å². The molecule has 4 nitrogen and oxygen atoms in total. The molecule has 0 aliphatic heterocycles. The third-order valence-corrected chi connectivity index (χ3v) is 3.42. The number of nitrogens with zero attached hydrogens (tertiary/aromatic N) is 1. The molecule has 2 aromatic carbocycles. The lowest BCUT2D eigenvalue weighted by atomic mass is 10.2. The van der Waals surface area contributed by atoms with Crippen LogP contribution in [0.4, 0.5) is 10.1 Å². The summed E-state index contributed by atoms with van der Waals surface area (Å²) in [6.07, 6.45) is 1.34. The summed E-state index contributed by atoms with van der Waals surface area (Å²) < 4.78 is 13.3. The van der Waals surface area contributed by atoms with E-state index in [0.29, 0.717) is 15.6 Å². The maximum atomic E-state index is 13.3. The molecule has 114 valence electrons. The number of halogens is 3.